The van der Waals surface area contributed by atoms with Crippen LogP contribution in [-0.4, -0.2) is 29.6 Å². The molecule has 3 aromatic carbocycles. The molecule has 0 unspecified atom stereocenters. The second-order valence-electron chi connectivity index (χ2n) is 13.9. The van der Waals surface area contributed by atoms with E-state index in [9.17, 15) is 14.0 Å². The minimum Gasteiger partial charge on any atom is -0.459 e. The van der Waals surface area contributed by atoms with Gasteiger partial charge in [-0.15, -0.1) is 0 Å². The Hall–Kier alpha value is -2.64. The van der Waals surface area contributed by atoms with Crippen molar-refractivity contribution in [2.24, 2.45) is 5.92 Å². The topological polar surface area (TPSA) is 58.6 Å². The minimum atomic E-state index is -0.549. The summed E-state index contributed by atoms with van der Waals surface area (Å²) in [7, 11) is 0. The molecule has 1 amide bonds. The molecule has 5 rings (SSSR count). The van der Waals surface area contributed by atoms with E-state index in [0.29, 0.717) is 45.1 Å². The van der Waals surface area contributed by atoms with Crippen molar-refractivity contribution in [3.05, 3.63) is 80.5 Å². The number of ether oxygens (including phenoxy) is 1. The zero-order valence-electron chi connectivity index (χ0n) is 27.1. The molecule has 9 heteroatoms. The van der Waals surface area contributed by atoms with Crippen LogP contribution in [0, 0.1) is 11.7 Å². The fourth-order valence-electron chi connectivity index (χ4n) is 6.70. The molecule has 1 atom stereocenters. The number of halogens is 4. The molecule has 1 saturated carbocycles. The van der Waals surface area contributed by atoms with Crippen LogP contribution in [0.1, 0.15) is 90.2 Å². The maximum Gasteiger partial charge on any atom is 0.323 e. The number of nitrogens with zero attached hydrogens (tertiary/aromatic N) is 1. The van der Waals surface area contributed by atoms with Crippen molar-refractivity contribution in [3.63, 3.8) is 0 Å². The number of carbonyl (C=O) groups is 2. The lowest BCUT2D eigenvalue weighted by atomic mass is 9.79. The van der Waals surface area contributed by atoms with Crippen molar-refractivity contribution in [2.45, 2.75) is 103 Å². The molecular formula is C37H42Cl3FN2O3. The summed E-state index contributed by atoms with van der Waals surface area (Å²) in [5.74, 6) is -0.173. The van der Waals surface area contributed by atoms with Crippen molar-refractivity contribution < 1.29 is 18.7 Å². The molecular weight excluding hydrogens is 646 g/mol. The van der Waals surface area contributed by atoms with Crippen LogP contribution in [-0.2, 0) is 20.7 Å². The molecule has 0 spiro atoms. The van der Waals surface area contributed by atoms with E-state index in [2.05, 4.69) is 31.3 Å². The normalized spacial score (nSPS) is 19.3. The molecule has 1 heterocycles. The number of hydrogen-bond acceptors (Lipinski definition) is 4. The number of benzene rings is 3. The first kappa shape index (κ1) is 34.7. The Balaban J connectivity index is 1.49. The van der Waals surface area contributed by atoms with Crippen LogP contribution >= 0.6 is 34.8 Å². The fraction of sp³-hybridized carbons (Fsp3) is 0.459. The molecule has 2 aliphatic rings. The van der Waals surface area contributed by atoms with Gasteiger partial charge in [0.2, 0.25) is 5.91 Å². The number of fused-ring (bicyclic) bond motifs is 1. The largest absolute Gasteiger partial charge is 0.459 e. The maximum atomic E-state index is 14.1. The number of anilines is 2. The second-order valence-corrected chi connectivity index (χ2v) is 15.1. The molecule has 0 bridgehead atoms. The Bertz CT molecular complexity index is 1590. The molecule has 1 fully saturated rings. The molecule has 3 aromatic rings. The van der Waals surface area contributed by atoms with Gasteiger partial charge in [0.05, 0.1) is 26.4 Å². The molecule has 1 N–H and O–H groups in total. The van der Waals surface area contributed by atoms with Crippen molar-refractivity contribution in [1.82, 2.24) is 5.32 Å². The summed E-state index contributed by atoms with van der Waals surface area (Å²) in [6.07, 6.45) is 5.01. The summed E-state index contributed by atoms with van der Waals surface area (Å²) in [4.78, 5) is 28.3. The van der Waals surface area contributed by atoms with E-state index in [0.717, 1.165) is 48.1 Å². The highest BCUT2D eigenvalue weighted by Gasteiger charge is 2.34. The van der Waals surface area contributed by atoms with Gasteiger partial charge in [0.15, 0.2) is 0 Å². The number of esters is 1. The Labute approximate surface area is 286 Å². The van der Waals surface area contributed by atoms with Gasteiger partial charge in [-0.3, -0.25) is 14.5 Å². The predicted molar refractivity (Wildman–Crippen MR) is 186 cm³/mol. The smallest absolute Gasteiger partial charge is 0.323 e. The van der Waals surface area contributed by atoms with Gasteiger partial charge in [0.25, 0.3) is 0 Å². The molecule has 246 valence electrons. The van der Waals surface area contributed by atoms with Crippen LogP contribution in [0.5, 0.6) is 0 Å². The van der Waals surface area contributed by atoms with E-state index < -0.39 is 11.4 Å². The van der Waals surface area contributed by atoms with Crippen LogP contribution in [0.25, 0.3) is 11.1 Å². The summed E-state index contributed by atoms with van der Waals surface area (Å²) in [6.45, 7) is 9.90. The highest BCUT2D eigenvalue weighted by atomic mass is 35.5. The first-order valence-electron chi connectivity index (χ1n) is 16.1. The summed E-state index contributed by atoms with van der Waals surface area (Å²) < 4.78 is 19.9. The second kappa shape index (κ2) is 14.2. The lowest BCUT2D eigenvalue weighted by molar-refractivity contribution is -0.158. The SMILES string of the molecule is CC(C)C[C@H](NC1CCC(c2cc(-c3ccc(F)cc3Cl)c3c(c2)N(c2c(Cl)cccc2Cl)C(=O)CC3)CC1)C(=O)OC(C)(C)C. The zero-order chi connectivity index (χ0) is 33.3. The zero-order valence-corrected chi connectivity index (χ0v) is 29.3. The number of rotatable bonds is 8. The molecule has 0 radical (unpaired) electrons. The van der Waals surface area contributed by atoms with Gasteiger partial charge >= 0.3 is 5.97 Å². The number of amides is 1. The van der Waals surface area contributed by atoms with Gasteiger partial charge in [-0.25, -0.2) is 4.39 Å². The summed E-state index contributed by atoms with van der Waals surface area (Å²) in [5.41, 5.74) is 4.23. The summed E-state index contributed by atoms with van der Waals surface area (Å²) in [6, 6.07) is 13.7. The standard InChI is InChI=1S/C37H42Cl3FN2O3/c1-21(2)17-32(36(45)46-37(3,4)5)42-25-12-9-22(10-13-25)23-18-28(26-14-11-24(41)20-31(26)40)27-15-16-34(44)43(33(27)19-23)35-29(38)7-6-8-30(35)39/h6-8,11,14,18-22,25,32,42H,9-10,12-13,15-17H2,1-5H3/t22?,25?,32-/m0/s1. The predicted octanol–water partition coefficient (Wildman–Crippen LogP) is 10.4. The van der Waals surface area contributed by atoms with Gasteiger partial charge in [0.1, 0.15) is 17.5 Å². The number of hydrogen-bond donors (Lipinski definition) is 1. The summed E-state index contributed by atoms with van der Waals surface area (Å²) >= 11 is 19.9. The minimum absolute atomic E-state index is 0.0953. The monoisotopic (exact) mass is 686 g/mol. The summed E-state index contributed by atoms with van der Waals surface area (Å²) in [5, 5.41) is 4.69. The van der Waals surface area contributed by atoms with Crippen LogP contribution in [0.15, 0.2) is 48.5 Å². The van der Waals surface area contributed by atoms with Gasteiger partial charge in [-0.2, -0.15) is 0 Å². The lowest BCUT2D eigenvalue weighted by Gasteiger charge is -2.36. The average molecular weight is 688 g/mol. The van der Waals surface area contributed by atoms with Gasteiger partial charge in [0, 0.05) is 18.0 Å². The lowest BCUT2D eigenvalue weighted by Crippen LogP contribution is -2.47. The Morgan fingerprint density at radius 1 is 0.957 bits per heavy atom. The van der Waals surface area contributed by atoms with E-state index in [-0.39, 0.29) is 36.3 Å². The first-order valence-corrected chi connectivity index (χ1v) is 17.2. The van der Waals surface area contributed by atoms with E-state index in [4.69, 9.17) is 39.5 Å². The Morgan fingerprint density at radius 2 is 1.63 bits per heavy atom. The average Bonchev–Trinajstić information content (AvgIpc) is 2.96. The van der Waals surface area contributed by atoms with Crippen molar-refractivity contribution in [1.29, 1.82) is 0 Å². The maximum absolute atomic E-state index is 14.1. The number of carbonyl (C=O) groups excluding carboxylic acids is 2. The van der Waals surface area contributed by atoms with Crippen LogP contribution in [0.4, 0.5) is 15.8 Å². The van der Waals surface area contributed by atoms with Crippen molar-refractivity contribution in [2.75, 3.05) is 4.90 Å². The fourth-order valence-corrected chi connectivity index (χ4v) is 7.54. The van der Waals surface area contributed by atoms with Gasteiger partial charge < -0.3 is 10.1 Å². The number of para-hydroxylation sites is 1. The third-order valence-electron chi connectivity index (χ3n) is 8.74. The molecule has 1 aliphatic carbocycles. The van der Waals surface area contributed by atoms with E-state index >= 15 is 0 Å². The first-order chi connectivity index (χ1) is 21.7. The molecule has 5 nitrogen and oxygen atoms in total. The van der Waals surface area contributed by atoms with Crippen LogP contribution < -0.4 is 10.2 Å². The van der Waals surface area contributed by atoms with E-state index in [1.165, 1.54) is 12.1 Å². The molecule has 1 aliphatic heterocycles. The van der Waals surface area contributed by atoms with Crippen LogP contribution in [0.3, 0.4) is 0 Å². The number of nitrogens with one attached hydrogen (secondary N) is 1. The molecule has 0 aromatic heterocycles. The van der Waals surface area contributed by atoms with Gasteiger partial charge in [-0.05, 0) is 124 Å². The third-order valence-corrected chi connectivity index (χ3v) is 9.67. The highest BCUT2D eigenvalue weighted by Crippen LogP contribution is 2.48. The Morgan fingerprint density at radius 3 is 2.24 bits per heavy atom. The van der Waals surface area contributed by atoms with E-state index in [1.54, 1.807) is 29.2 Å². The van der Waals surface area contributed by atoms with E-state index in [1.807, 2.05) is 20.8 Å². The third kappa shape index (κ3) is 7.90. The quantitative estimate of drug-likeness (QED) is 0.240. The molecule has 0 saturated heterocycles. The molecule has 46 heavy (non-hydrogen) atoms. The Kier molecular flexibility index (Phi) is 10.7. The van der Waals surface area contributed by atoms with Crippen molar-refractivity contribution in [3.8, 4) is 11.1 Å². The van der Waals surface area contributed by atoms with Gasteiger partial charge in [-0.1, -0.05) is 60.8 Å². The van der Waals surface area contributed by atoms with Crippen LogP contribution in [0.2, 0.25) is 15.1 Å². The van der Waals surface area contributed by atoms with Crippen molar-refractivity contribution >= 4 is 58.1 Å². The highest BCUT2D eigenvalue weighted by molar-refractivity contribution is 6.40.